The fourth-order valence-corrected chi connectivity index (χ4v) is 4.30. The predicted octanol–water partition coefficient (Wildman–Crippen LogP) is 6.36. The van der Waals surface area contributed by atoms with Gasteiger partial charge in [0, 0.05) is 45.6 Å². The lowest BCUT2D eigenvalue weighted by atomic mass is 10.0. The number of alkyl halides is 2. The quantitative estimate of drug-likeness (QED) is 0.328. The number of thioether (sulfide) groups is 1. The average Bonchev–Trinajstić information content (AvgIpc) is 3.23. The SMILES string of the molecule is CC.CC(=N)c1cc(C=O)ccc1Nc1cccc(OC(F)F)c1.CNC1(C)CCSC1. The first-order valence-corrected chi connectivity index (χ1v) is 11.6. The topological polar surface area (TPSA) is 74.2 Å². The van der Waals surface area contributed by atoms with Gasteiger partial charge in [-0.2, -0.15) is 20.5 Å². The largest absolute Gasteiger partial charge is 0.435 e. The first-order chi connectivity index (χ1) is 15.3. The van der Waals surface area contributed by atoms with E-state index >= 15 is 0 Å². The maximum atomic E-state index is 12.2. The standard InChI is InChI=1S/C16H14F2N2O2.C6H13NS.C2H6/c1-10(19)14-7-11(9-21)5-6-15(14)20-12-3-2-4-13(8-12)22-16(17)18;1-6(7-2)3-4-8-5-6;1-2/h2-9,16,19-20H,1H3;7H,3-5H2,1-2H3;1-2H3. The van der Waals surface area contributed by atoms with Crippen LogP contribution in [-0.4, -0.2) is 42.7 Å². The number of hydrogen-bond donors (Lipinski definition) is 3. The Kier molecular flexibility index (Phi) is 11.9. The molecule has 5 nitrogen and oxygen atoms in total. The number of nitrogens with one attached hydrogen (secondary N) is 3. The van der Waals surface area contributed by atoms with Gasteiger partial charge in [-0.25, -0.2) is 0 Å². The fourth-order valence-electron chi connectivity index (χ4n) is 2.82. The Morgan fingerprint density at radius 1 is 1.25 bits per heavy atom. The van der Waals surface area contributed by atoms with Gasteiger partial charge in [0.1, 0.15) is 12.0 Å². The lowest BCUT2D eigenvalue weighted by Gasteiger charge is -2.20. The Labute approximate surface area is 193 Å². The van der Waals surface area contributed by atoms with Crippen molar-refractivity contribution in [3.05, 3.63) is 53.6 Å². The van der Waals surface area contributed by atoms with E-state index in [1.165, 1.54) is 30.1 Å². The second-order valence-corrected chi connectivity index (χ2v) is 8.30. The van der Waals surface area contributed by atoms with Gasteiger partial charge in [-0.05, 0) is 63.4 Å². The highest BCUT2D eigenvalue weighted by Crippen LogP contribution is 2.27. The molecule has 176 valence electrons. The summed E-state index contributed by atoms with van der Waals surface area (Å²) in [5, 5.41) is 14.1. The first kappa shape index (κ1) is 27.6. The summed E-state index contributed by atoms with van der Waals surface area (Å²) in [6.07, 6.45) is 2.03. The van der Waals surface area contributed by atoms with Crippen LogP contribution in [0.2, 0.25) is 0 Å². The van der Waals surface area contributed by atoms with Crippen molar-refractivity contribution in [1.82, 2.24) is 5.32 Å². The molecule has 2 aromatic rings. The van der Waals surface area contributed by atoms with Crippen LogP contribution in [0.4, 0.5) is 20.2 Å². The maximum Gasteiger partial charge on any atom is 0.387 e. The molecule has 1 heterocycles. The number of anilines is 2. The molecule has 0 aromatic heterocycles. The predicted molar refractivity (Wildman–Crippen MR) is 131 cm³/mol. The van der Waals surface area contributed by atoms with Crippen LogP contribution in [0.5, 0.6) is 5.75 Å². The summed E-state index contributed by atoms with van der Waals surface area (Å²) in [6.45, 7) is 5.00. The molecule has 0 saturated carbocycles. The van der Waals surface area contributed by atoms with Crippen molar-refractivity contribution in [3.63, 3.8) is 0 Å². The minimum atomic E-state index is -2.89. The maximum absolute atomic E-state index is 12.2. The van der Waals surface area contributed by atoms with Gasteiger partial charge in [0.2, 0.25) is 0 Å². The van der Waals surface area contributed by atoms with Gasteiger partial charge < -0.3 is 20.8 Å². The van der Waals surface area contributed by atoms with Gasteiger partial charge in [-0.15, -0.1) is 0 Å². The van der Waals surface area contributed by atoms with Gasteiger partial charge in [-0.1, -0.05) is 19.9 Å². The molecule has 1 saturated heterocycles. The third-order valence-electron chi connectivity index (χ3n) is 4.74. The molecule has 32 heavy (non-hydrogen) atoms. The highest BCUT2D eigenvalue weighted by Gasteiger charge is 2.26. The second-order valence-electron chi connectivity index (χ2n) is 7.19. The van der Waals surface area contributed by atoms with Gasteiger partial charge in [0.05, 0.1) is 0 Å². The van der Waals surface area contributed by atoms with Crippen LogP contribution < -0.4 is 15.4 Å². The molecule has 8 heteroatoms. The summed E-state index contributed by atoms with van der Waals surface area (Å²) in [6, 6.07) is 11.0. The van der Waals surface area contributed by atoms with Crippen LogP contribution in [0.25, 0.3) is 0 Å². The number of carbonyl (C=O) groups is 1. The van der Waals surface area contributed by atoms with E-state index in [9.17, 15) is 13.6 Å². The van der Waals surface area contributed by atoms with Crippen molar-refractivity contribution in [2.75, 3.05) is 23.9 Å². The smallest absolute Gasteiger partial charge is 0.387 e. The van der Waals surface area contributed by atoms with Crippen LogP contribution >= 0.6 is 11.8 Å². The van der Waals surface area contributed by atoms with Crippen LogP contribution in [0, 0.1) is 5.41 Å². The van der Waals surface area contributed by atoms with E-state index < -0.39 is 6.61 Å². The average molecular weight is 466 g/mol. The Morgan fingerprint density at radius 3 is 2.47 bits per heavy atom. The molecule has 0 aliphatic carbocycles. The summed E-state index contributed by atoms with van der Waals surface area (Å²) in [5.41, 5.74) is 2.90. The first-order valence-electron chi connectivity index (χ1n) is 10.5. The molecule has 3 N–H and O–H groups in total. The molecule has 1 aliphatic rings. The Morgan fingerprint density at radius 2 is 1.97 bits per heavy atom. The number of ether oxygens (including phenoxy) is 1. The van der Waals surface area contributed by atoms with Crippen molar-refractivity contribution < 1.29 is 18.3 Å². The van der Waals surface area contributed by atoms with Crippen LogP contribution in [0.1, 0.15) is 50.0 Å². The normalized spacial score (nSPS) is 16.9. The summed E-state index contributed by atoms with van der Waals surface area (Å²) in [7, 11) is 2.05. The molecule has 0 amide bonds. The Hall–Kier alpha value is -2.45. The molecule has 0 radical (unpaired) electrons. The van der Waals surface area contributed by atoms with Crippen LogP contribution in [-0.2, 0) is 0 Å². The zero-order chi connectivity index (χ0) is 24.1. The van der Waals surface area contributed by atoms with Crippen molar-refractivity contribution >= 4 is 35.1 Å². The monoisotopic (exact) mass is 465 g/mol. The number of carbonyl (C=O) groups excluding carboxylic acids is 1. The van der Waals surface area contributed by atoms with E-state index in [1.807, 2.05) is 32.7 Å². The molecule has 0 bridgehead atoms. The van der Waals surface area contributed by atoms with Gasteiger partial charge in [0.15, 0.2) is 0 Å². The molecule has 1 fully saturated rings. The van der Waals surface area contributed by atoms with E-state index in [0.717, 1.165) is 0 Å². The third kappa shape index (κ3) is 8.96. The van der Waals surface area contributed by atoms with E-state index in [-0.39, 0.29) is 11.5 Å². The number of rotatable bonds is 7. The summed E-state index contributed by atoms with van der Waals surface area (Å²) in [5.74, 6) is 2.65. The highest BCUT2D eigenvalue weighted by molar-refractivity contribution is 7.99. The van der Waals surface area contributed by atoms with E-state index in [0.29, 0.717) is 34.3 Å². The van der Waals surface area contributed by atoms with Crippen LogP contribution in [0.3, 0.4) is 0 Å². The minimum Gasteiger partial charge on any atom is -0.435 e. The van der Waals surface area contributed by atoms with Crippen molar-refractivity contribution in [1.29, 1.82) is 5.41 Å². The summed E-state index contributed by atoms with van der Waals surface area (Å²) < 4.78 is 28.8. The molecule has 1 unspecified atom stereocenters. The molecule has 2 aromatic carbocycles. The lowest BCUT2D eigenvalue weighted by molar-refractivity contribution is -0.0498. The summed E-state index contributed by atoms with van der Waals surface area (Å²) >= 11 is 2.04. The Balaban J connectivity index is 0.000000427. The molecule has 0 spiro atoms. The second kappa shape index (κ2) is 13.9. The van der Waals surface area contributed by atoms with Gasteiger partial charge >= 0.3 is 6.61 Å². The van der Waals surface area contributed by atoms with E-state index in [1.54, 1.807) is 37.3 Å². The van der Waals surface area contributed by atoms with Crippen LogP contribution in [0.15, 0.2) is 42.5 Å². The molecular formula is C24H33F2N3O2S. The number of halogens is 2. The zero-order valence-electron chi connectivity index (χ0n) is 19.3. The van der Waals surface area contributed by atoms with Gasteiger partial charge in [0.25, 0.3) is 0 Å². The number of aldehydes is 1. The highest BCUT2D eigenvalue weighted by atomic mass is 32.2. The van der Waals surface area contributed by atoms with Crippen molar-refractivity contribution in [2.24, 2.45) is 0 Å². The van der Waals surface area contributed by atoms with E-state index in [2.05, 4.69) is 22.3 Å². The third-order valence-corrected chi connectivity index (χ3v) is 6.08. The Bertz CT molecular complexity index is 872. The van der Waals surface area contributed by atoms with Gasteiger partial charge in [-0.3, -0.25) is 4.79 Å². The summed E-state index contributed by atoms with van der Waals surface area (Å²) in [4.78, 5) is 10.8. The molecule has 3 rings (SSSR count). The minimum absolute atomic E-state index is 0.0395. The number of hydrogen-bond acceptors (Lipinski definition) is 6. The van der Waals surface area contributed by atoms with E-state index in [4.69, 9.17) is 5.41 Å². The molecular weight excluding hydrogens is 432 g/mol. The zero-order valence-corrected chi connectivity index (χ0v) is 20.1. The fraction of sp³-hybridized carbons (Fsp3) is 0.417. The molecule has 1 aliphatic heterocycles. The van der Waals surface area contributed by atoms with Crippen molar-refractivity contribution in [2.45, 2.75) is 46.3 Å². The molecule has 1 atom stereocenters. The van der Waals surface area contributed by atoms with Crippen molar-refractivity contribution in [3.8, 4) is 5.75 Å². The number of benzene rings is 2. The lowest BCUT2D eigenvalue weighted by Crippen LogP contribution is -2.39.